The van der Waals surface area contributed by atoms with Crippen molar-refractivity contribution < 1.29 is 23.1 Å². The molecule has 2 rings (SSSR count). The summed E-state index contributed by atoms with van der Waals surface area (Å²) in [5.74, 6) is -0.102. The number of amides is 1. The number of hydrogen-bond acceptors (Lipinski definition) is 6. The van der Waals surface area contributed by atoms with E-state index < -0.39 is 22.5 Å². The van der Waals surface area contributed by atoms with Gasteiger partial charge in [0.1, 0.15) is 11.5 Å². The highest BCUT2D eigenvalue weighted by Gasteiger charge is 2.22. The van der Waals surface area contributed by atoms with E-state index in [1.807, 2.05) is 0 Å². The van der Waals surface area contributed by atoms with Crippen molar-refractivity contribution in [3.63, 3.8) is 0 Å². The Morgan fingerprint density at radius 3 is 2.59 bits per heavy atom. The van der Waals surface area contributed by atoms with Crippen molar-refractivity contribution in [2.45, 2.75) is 4.90 Å². The standard InChI is InChI=1S/C17H18BrN3O5S/c1-21(27(24,25)15-6-4-14(26-2)5-7-15)11-17(23)20-19-10-12-9-13(18)3-8-16(12)22/h3-10,22H,11H2,1-2H3,(H,20,23)/b19-10-. The van der Waals surface area contributed by atoms with Crippen molar-refractivity contribution in [3.05, 3.63) is 52.5 Å². The van der Waals surface area contributed by atoms with E-state index in [9.17, 15) is 18.3 Å². The second kappa shape index (κ2) is 8.98. The van der Waals surface area contributed by atoms with Gasteiger partial charge in [-0.15, -0.1) is 0 Å². The molecule has 0 bridgehead atoms. The first-order valence-electron chi connectivity index (χ1n) is 7.65. The Hall–Kier alpha value is -2.43. The van der Waals surface area contributed by atoms with Crippen molar-refractivity contribution in [2.24, 2.45) is 5.10 Å². The third-order valence-corrected chi connectivity index (χ3v) is 5.83. The minimum Gasteiger partial charge on any atom is -0.507 e. The number of hydrogen-bond donors (Lipinski definition) is 2. The Kier molecular flexibility index (Phi) is 6.94. The first kappa shape index (κ1) is 20.9. The van der Waals surface area contributed by atoms with E-state index in [1.54, 1.807) is 12.1 Å². The van der Waals surface area contributed by atoms with Crippen LogP contribution in [0.25, 0.3) is 0 Å². The fourth-order valence-electron chi connectivity index (χ4n) is 2.05. The highest BCUT2D eigenvalue weighted by atomic mass is 79.9. The zero-order valence-corrected chi connectivity index (χ0v) is 17.0. The zero-order valence-electron chi connectivity index (χ0n) is 14.6. The van der Waals surface area contributed by atoms with Gasteiger partial charge in [0, 0.05) is 17.1 Å². The lowest BCUT2D eigenvalue weighted by atomic mass is 10.2. The number of ether oxygens (including phenoxy) is 1. The lowest BCUT2D eigenvalue weighted by molar-refractivity contribution is -0.121. The number of phenolic OH excluding ortho intramolecular Hbond substituents is 1. The van der Waals surface area contributed by atoms with Gasteiger partial charge in [0.05, 0.1) is 24.8 Å². The maximum Gasteiger partial charge on any atom is 0.255 e. The molecule has 0 atom stereocenters. The van der Waals surface area contributed by atoms with Gasteiger partial charge in [-0.05, 0) is 42.5 Å². The third kappa shape index (κ3) is 5.52. The van der Waals surface area contributed by atoms with Crippen LogP contribution in [-0.4, -0.2) is 50.7 Å². The van der Waals surface area contributed by atoms with E-state index in [2.05, 4.69) is 26.5 Å². The fraction of sp³-hybridized carbons (Fsp3) is 0.176. The van der Waals surface area contributed by atoms with Crippen LogP contribution < -0.4 is 10.2 Å². The summed E-state index contributed by atoms with van der Waals surface area (Å²) in [4.78, 5) is 12.0. The number of phenols is 1. The van der Waals surface area contributed by atoms with Gasteiger partial charge in [0.2, 0.25) is 10.0 Å². The summed E-state index contributed by atoms with van der Waals surface area (Å²) in [6.07, 6.45) is 1.26. The quantitative estimate of drug-likeness (QED) is 0.489. The van der Waals surface area contributed by atoms with Crippen LogP contribution in [0.1, 0.15) is 5.56 Å². The summed E-state index contributed by atoms with van der Waals surface area (Å²) in [5.41, 5.74) is 2.62. The molecule has 0 radical (unpaired) electrons. The molecule has 0 aliphatic rings. The smallest absolute Gasteiger partial charge is 0.255 e. The molecule has 0 unspecified atom stereocenters. The Balaban J connectivity index is 1.99. The summed E-state index contributed by atoms with van der Waals surface area (Å²) < 4.78 is 31.6. The van der Waals surface area contributed by atoms with E-state index in [1.165, 1.54) is 50.7 Å². The van der Waals surface area contributed by atoms with Crippen molar-refractivity contribution in [1.82, 2.24) is 9.73 Å². The predicted molar refractivity (Wildman–Crippen MR) is 104 cm³/mol. The monoisotopic (exact) mass is 455 g/mol. The number of carbonyl (C=O) groups excluding carboxylic acids is 1. The summed E-state index contributed by atoms with van der Waals surface area (Å²) in [5, 5.41) is 13.4. The molecule has 2 aromatic rings. The van der Waals surface area contributed by atoms with Crippen LogP contribution >= 0.6 is 15.9 Å². The predicted octanol–water partition coefficient (Wildman–Crippen LogP) is 1.93. The number of hydrazone groups is 1. The van der Waals surface area contributed by atoms with E-state index in [0.29, 0.717) is 11.3 Å². The molecule has 27 heavy (non-hydrogen) atoms. The molecule has 2 N–H and O–H groups in total. The molecular weight excluding hydrogens is 438 g/mol. The first-order chi connectivity index (χ1) is 12.7. The largest absolute Gasteiger partial charge is 0.507 e. The Morgan fingerprint density at radius 1 is 1.30 bits per heavy atom. The van der Waals surface area contributed by atoms with Crippen LogP contribution in [0.3, 0.4) is 0 Å². The molecule has 2 aromatic carbocycles. The van der Waals surface area contributed by atoms with E-state index in [4.69, 9.17) is 4.74 Å². The Morgan fingerprint density at radius 2 is 1.96 bits per heavy atom. The van der Waals surface area contributed by atoms with Crippen LogP contribution in [0, 0.1) is 0 Å². The number of aromatic hydroxyl groups is 1. The Bertz CT molecular complexity index is 946. The van der Waals surface area contributed by atoms with E-state index in [-0.39, 0.29) is 10.6 Å². The lowest BCUT2D eigenvalue weighted by Gasteiger charge is -2.16. The molecule has 8 nitrogen and oxygen atoms in total. The van der Waals surface area contributed by atoms with Gasteiger partial charge in [-0.3, -0.25) is 4.79 Å². The highest BCUT2D eigenvalue weighted by Crippen LogP contribution is 2.20. The molecule has 10 heteroatoms. The average molecular weight is 456 g/mol. The van der Waals surface area contributed by atoms with Crippen molar-refractivity contribution in [2.75, 3.05) is 20.7 Å². The van der Waals surface area contributed by atoms with Crippen LogP contribution in [0.2, 0.25) is 0 Å². The number of sulfonamides is 1. The van der Waals surface area contributed by atoms with E-state index in [0.717, 1.165) is 8.78 Å². The molecule has 0 heterocycles. The maximum atomic E-state index is 12.5. The number of carbonyl (C=O) groups is 1. The SMILES string of the molecule is COc1ccc(S(=O)(=O)N(C)CC(=O)N/N=C\c2cc(Br)ccc2O)cc1. The van der Waals surface area contributed by atoms with Crippen LogP contribution in [0.4, 0.5) is 0 Å². The molecule has 1 amide bonds. The second-order valence-electron chi connectivity index (χ2n) is 5.43. The van der Waals surface area contributed by atoms with Crippen LogP contribution in [0.5, 0.6) is 11.5 Å². The Labute approximate surface area is 165 Å². The number of likely N-dealkylation sites (N-methyl/N-ethyl adjacent to an activating group) is 1. The summed E-state index contributed by atoms with van der Waals surface area (Å²) in [6.45, 7) is -0.420. The molecule has 0 saturated carbocycles. The molecule has 0 fully saturated rings. The zero-order chi connectivity index (χ0) is 20.0. The van der Waals surface area contributed by atoms with Crippen LogP contribution in [-0.2, 0) is 14.8 Å². The topological polar surface area (TPSA) is 108 Å². The third-order valence-electron chi connectivity index (χ3n) is 3.52. The van der Waals surface area contributed by atoms with Crippen molar-refractivity contribution in [1.29, 1.82) is 0 Å². The van der Waals surface area contributed by atoms with Gasteiger partial charge in [0.25, 0.3) is 5.91 Å². The van der Waals surface area contributed by atoms with Crippen molar-refractivity contribution in [3.8, 4) is 11.5 Å². The molecule has 0 saturated heterocycles. The molecule has 0 spiro atoms. The summed E-state index contributed by atoms with van der Waals surface area (Å²) in [6, 6.07) is 10.6. The van der Waals surface area contributed by atoms with Gasteiger partial charge in [-0.1, -0.05) is 15.9 Å². The highest BCUT2D eigenvalue weighted by molar-refractivity contribution is 9.10. The summed E-state index contributed by atoms with van der Waals surface area (Å²) >= 11 is 3.26. The molecular formula is C17H18BrN3O5S. The number of rotatable bonds is 7. The molecule has 0 aliphatic heterocycles. The summed E-state index contributed by atoms with van der Waals surface area (Å²) in [7, 11) is -1.05. The number of halogens is 1. The van der Waals surface area contributed by atoms with Crippen LogP contribution in [0.15, 0.2) is 56.9 Å². The minimum atomic E-state index is -3.83. The number of nitrogens with zero attached hydrogens (tertiary/aromatic N) is 2. The molecule has 144 valence electrons. The first-order valence-corrected chi connectivity index (χ1v) is 9.88. The molecule has 0 aromatic heterocycles. The number of benzene rings is 2. The van der Waals surface area contributed by atoms with Gasteiger partial charge in [-0.25, -0.2) is 13.8 Å². The van der Waals surface area contributed by atoms with Crippen molar-refractivity contribution >= 4 is 38.1 Å². The fourth-order valence-corrected chi connectivity index (χ4v) is 3.56. The maximum absolute atomic E-state index is 12.5. The van der Waals surface area contributed by atoms with E-state index >= 15 is 0 Å². The van der Waals surface area contributed by atoms with Gasteiger partial charge < -0.3 is 9.84 Å². The average Bonchev–Trinajstić information content (AvgIpc) is 2.64. The lowest BCUT2D eigenvalue weighted by Crippen LogP contribution is -2.36. The van der Waals surface area contributed by atoms with Gasteiger partial charge in [-0.2, -0.15) is 9.41 Å². The normalized spacial score (nSPS) is 11.7. The molecule has 0 aliphatic carbocycles. The van der Waals surface area contributed by atoms with Gasteiger partial charge >= 0.3 is 0 Å². The van der Waals surface area contributed by atoms with Gasteiger partial charge in [0.15, 0.2) is 0 Å². The number of nitrogens with one attached hydrogen (secondary N) is 1. The minimum absolute atomic E-state index is 0.00426. The second-order valence-corrected chi connectivity index (χ2v) is 8.39. The number of methoxy groups -OCH3 is 1.